The molecule has 2 aromatic carbocycles. The molecule has 2 rings (SSSR count). The number of benzene rings is 2. The zero-order valence-electron chi connectivity index (χ0n) is 10.8. The highest BCUT2D eigenvalue weighted by molar-refractivity contribution is 7.85. The molecule has 0 amide bonds. The number of hydrogen-bond acceptors (Lipinski definition) is 1. The van der Waals surface area contributed by atoms with Gasteiger partial charge in [0.05, 0.1) is 16.6 Å². The first-order valence-corrected chi connectivity index (χ1v) is 7.19. The summed E-state index contributed by atoms with van der Waals surface area (Å²) in [5, 5.41) is 0. The van der Waals surface area contributed by atoms with Gasteiger partial charge in [-0.2, -0.15) is 0 Å². The SMILES string of the molecule is O=S(CC#Cc1ccccc1)c1c(F)c(F)c(F)c(F)c1F. The molecule has 0 radical (unpaired) electrons. The lowest BCUT2D eigenvalue weighted by Gasteiger charge is -2.06. The molecule has 1 unspecified atom stereocenters. The highest BCUT2D eigenvalue weighted by Gasteiger charge is 2.28. The smallest absolute Gasteiger partial charge is 0.200 e. The molecule has 0 N–H and O–H groups in total. The van der Waals surface area contributed by atoms with Crippen molar-refractivity contribution in [1.29, 1.82) is 0 Å². The van der Waals surface area contributed by atoms with E-state index in [9.17, 15) is 26.2 Å². The Balaban J connectivity index is 2.30. The molecule has 1 atom stereocenters. The lowest BCUT2D eigenvalue weighted by atomic mass is 10.2. The topological polar surface area (TPSA) is 17.1 Å². The maximum atomic E-state index is 13.4. The van der Waals surface area contributed by atoms with Gasteiger partial charge in [-0.05, 0) is 12.1 Å². The maximum absolute atomic E-state index is 13.4. The van der Waals surface area contributed by atoms with Crippen LogP contribution in [0.4, 0.5) is 22.0 Å². The Hall–Kier alpha value is -2.20. The summed E-state index contributed by atoms with van der Waals surface area (Å²) in [6, 6.07) is 8.44. The number of halogens is 5. The van der Waals surface area contributed by atoms with E-state index in [1.54, 1.807) is 30.3 Å². The highest BCUT2D eigenvalue weighted by atomic mass is 32.2. The third-order valence-corrected chi connectivity index (χ3v) is 3.83. The standard InChI is InChI=1S/C15H7F5OS/c16-10-11(17)13(19)15(14(20)12(10)18)22(21)8-4-7-9-5-2-1-3-6-9/h1-3,5-6H,8H2. The van der Waals surface area contributed by atoms with Crippen LogP contribution in [0.2, 0.25) is 0 Å². The highest BCUT2D eigenvalue weighted by Crippen LogP contribution is 2.25. The second kappa shape index (κ2) is 6.71. The Morgan fingerprint density at radius 1 is 0.818 bits per heavy atom. The fourth-order valence-electron chi connectivity index (χ4n) is 1.58. The number of hydrogen-bond donors (Lipinski definition) is 0. The predicted octanol–water partition coefficient (Wildman–Crippen LogP) is 3.54. The molecular weight excluding hydrogens is 323 g/mol. The fourth-order valence-corrected chi connectivity index (χ4v) is 2.51. The summed E-state index contributed by atoms with van der Waals surface area (Å²) in [6.45, 7) is 0. The van der Waals surface area contributed by atoms with Crippen molar-refractivity contribution < 1.29 is 26.2 Å². The fraction of sp³-hybridized carbons (Fsp3) is 0.0667. The molecule has 0 aliphatic carbocycles. The Bertz CT molecular complexity index is 764. The summed E-state index contributed by atoms with van der Waals surface area (Å²) >= 11 is 0. The minimum Gasteiger partial charge on any atom is -0.253 e. The molecule has 2 aromatic rings. The van der Waals surface area contributed by atoms with Crippen LogP contribution in [0, 0.1) is 40.9 Å². The van der Waals surface area contributed by atoms with Gasteiger partial charge in [0.1, 0.15) is 4.90 Å². The van der Waals surface area contributed by atoms with Gasteiger partial charge in [-0.3, -0.25) is 4.21 Å². The van der Waals surface area contributed by atoms with Gasteiger partial charge < -0.3 is 0 Å². The van der Waals surface area contributed by atoms with Crippen LogP contribution in [-0.2, 0) is 10.8 Å². The van der Waals surface area contributed by atoms with Crippen LogP contribution in [0.25, 0.3) is 0 Å². The lowest BCUT2D eigenvalue weighted by Crippen LogP contribution is -2.10. The van der Waals surface area contributed by atoms with E-state index in [0.29, 0.717) is 5.56 Å². The summed E-state index contributed by atoms with van der Waals surface area (Å²) in [5.74, 6) is -6.34. The van der Waals surface area contributed by atoms with Crippen LogP contribution in [0.5, 0.6) is 0 Å². The van der Waals surface area contributed by atoms with E-state index in [-0.39, 0.29) is 0 Å². The van der Waals surface area contributed by atoms with Crippen molar-refractivity contribution in [1.82, 2.24) is 0 Å². The summed E-state index contributed by atoms with van der Waals surface area (Å²) in [7, 11) is -2.48. The molecule has 0 bridgehead atoms. The average Bonchev–Trinajstić information content (AvgIpc) is 2.52. The average molecular weight is 330 g/mol. The predicted molar refractivity (Wildman–Crippen MR) is 70.8 cm³/mol. The molecule has 0 saturated heterocycles. The maximum Gasteiger partial charge on any atom is 0.200 e. The van der Waals surface area contributed by atoms with E-state index in [1.807, 2.05) is 0 Å². The van der Waals surface area contributed by atoms with E-state index in [4.69, 9.17) is 0 Å². The quantitative estimate of drug-likeness (QED) is 0.356. The molecule has 0 aliphatic rings. The van der Waals surface area contributed by atoms with E-state index in [2.05, 4.69) is 11.8 Å². The van der Waals surface area contributed by atoms with Crippen LogP contribution in [0.15, 0.2) is 35.2 Å². The molecule has 1 nitrogen and oxygen atoms in total. The van der Waals surface area contributed by atoms with Crippen molar-refractivity contribution >= 4 is 10.8 Å². The van der Waals surface area contributed by atoms with Gasteiger partial charge >= 0.3 is 0 Å². The van der Waals surface area contributed by atoms with Crippen molar-refractivity contribution in [2.24, 2.45) is 0 Å². The second-order valence-electron chi connectivity index (χ2n) is 4.06. The van der Waals surface area contributed by atoms with Crippen LogP contribution >= 0.6 is 0 Å². The van der Waals surface area contributed by atoms with Crippen molar-refractivity contribution in [2.75, 3.05) is 5.75 Å². The third kappa shape index (κ3) is 3.17. The van der Waals surface area contributed by atoms with Gasteiger partial charge in [-0.25, -0.2) is 22.0 Å². The summed E-state index contributed by atoms with van der Waals surface area (Å²) in [5.41, 5.74) is 0.567. The lowest BCUT2D eigenvalue weighted by molar-refractivity contribution is 0.359. The van der Waals surface area contributed by atoms with Crippen molar-refractivity contribution in [3.63, 3.8) is 0 Å². The zero-order chi connectivity index (χ0) is 16.3. The Morgan fingerprint density at radius 2 is 1.32 bits per heavy atom. The third-order valence-electron chi connectivity index (χ3n) is 2.61. The molecule has 0 aliphatic heterocycles. The number of rotatable bonds is 2. The normalized spacial score (nSPS) is 11.7. The summed E-state index contributed by atoms with van der Waals surface area (Å²) in [4.78, 5) is -1.36. The summed E-state index contributed by atoms with van der Waals surface area (Å²) in [6.07, 6.45) is 0. The van der Waals surface area contributed by atoms with Crippen LogP contribution < -0.4 is 0 Å². The molecule has 0 aromatic heterocycles. The van der Waals surface area contributed by atoms with Gasteiger partial charge in [0, 0.05) is 5.56 Å². The largest absolute Gasteiger partial charge is 0.253 e. The Kier molecular flexibility index (Phi) is 4.93. The van der Waals surface area contributed by atoms with Gasteiger partial charge in [0.25, 0.3) is 0 Å². The first-order valence-electron chi connectivity index (χ1n) is 5.87. The van der Waals surface area contributed by atoms with E-state index in [0.717, 1.165) is 0 Å². The second-order valence-corrected chi connectivity index (χ2v) is 5.44. The minimum absolute atomic E-state index is 0.562. The van der Waals surface area contributed by atoms with Crippen LogP contribution in [0.3, 0.4) is 0 Å². The van der Waals surface area contributed by atoms with Gasteiger partial charge in [0.2, 0.25) is 5.82 Å². The van der Waals surface area contributed by atoms with Crippen molar-refractivity contribution in [3.8, 4) is 11.8 Å². The first kappa shape index (κ1) is 16.2. The van der Waals surface area contributed by atoms with E-state index >= 15 is 0 Å². The molecule has 0 heterocycles. The Labute approximate surface area is 125 Å². The van der Waals surface area contributed by atoms with E-state index in [1.165, 1.54) is 0 Å². The van der Waals surface area contributed by atoms with Crippen molar-refractivity contribution in [3.05, 3.63) is 65.0 Å². The summed E-state index contributed by atoms with van der Waals surface area (Å²) < 4.78 is 77.6. The molecule has 0 saturated carbocycles. The molecular formula is C15H7F5OS. The molecule has 0 spiro atoms. The van der Waals surface area contributed by atoms with E-state index < -0.39 is 50.5 Å². The molecule has 0 fully saturated rings. The van der Waals surface area contributed by atoms with Crippen molar-refractivity contribution in [2.45, 2.75) is 4.90 Å². The molecule has 22 heavy (non-hydrogen) atoms. The first-order chi connectivity index (χ1) is 10.4. The molecule has 114 valence electrons. The van der Waals surface area contributed by atoms with Gasteiger partial charge in [0.15, 0.2) is 23.3 Å². The van der Waals surface area contributed by atoms with Crippen LogP contribution in [0.1, 0.15) is 5.56 Å². The monoisotopic (exact) mass is 330 g/mol. The minimum atomic E-state index is -2.48. The zero-order valence-corrected chi connectivity index (χ0v) is 11.6. The Morgan fingerprint density at radius 3 is 1.86 bits per heavy atom. The van der Waals surface area contributed by atoms with Gasteiger partial charge in [-0.15, -0.1) is 0 Å². The molecule has 7 heteroatoms. The van der Waals surface area contributed by atoms with Gasteiger partial charge in [-0.1, -0.05) is 30.0 Å². The van der Waals surface area contributed by atoms with Crippen LogP contribution in [-0.4, -0.2) is 9.96 Å².